The van der Waals surface area contributed by atoms with Crippen molar-refractivity contribution in [2.24, 2.45) is 5.41 Å². The minimum atomic E-state index is 0.674. The Morgan fingerprint density at radius 2 is 2.00 bits per heavy atom. The maximum atomic E-state index is 4.33. The van der Waals surface area contributed by atoms with E-state index < -0.39 is 0 Å². The van der Waals surface area contributed by atoms with Gasteiger partial charge in [0.05, 0.1) is 6.54 Å². The summed E-state index contributed by atoms with van der Waals surface area (Å²) in [4.78, 5) is 10.0. The van der Waals surface area contributed by atoms with Crippen molar-refractivity contribution in [1.82, 2.24) is 20.2 Å². The number of nitrogens with one attached hydrogen (secondary N) is 2. The van der Waals surface area contributed by atoms with Crippen LogP contribution in [0.1, 0.15) is 44.3 Å². The highest BCUT2D eigenvalue weighted by Crippen LogP contribution is 2.44. The lowest BCUT2D eigenvalue weighted by Crippen LogP contribution is -2.43. The molecule has 1 spiro atoms. The van der Waals surface area contributed by atoms with E-state index in [1.165, 1.54) is 51.6 Å². The fraction of sp³-hybridized carbons (Fsp3) is 0.800. The molecule has 1 aliphatic carbocycles. The molecule has 1 aliphatic heterocycles. The molecule has 1 aromatic rings. The summed E-state index contributed by atoms with van der Waals surface area (Å²) in [5, 5.41) is 3.50. The zero-order chi connectivity index (χ0) is 13.1. The molecular formula is C15H26N4. The van der Waals surface area contributed by atoms with Crippen molar-refractivity contribution in [2.45, 2.75) is 51.1 Å². The second-order valence-corrected chi connectivity index (χ2v) is 6.43. The van der Waals surface area contributed by atoms with Crippen LogP contribution in [0.25, 0.3) is 0 Å². The zero-order valence-electron chi connectivity index (χ0n) is 12.0. The van der Waals surface area contributed by atoms with Gasteiger partial charge in [0.2, 0.25) is 0 Å². The summed E-state index contributed by atoms with van der Waals surface area (Å²) in [6.45, 7) is 3.41. The minimum Gasteiger partial charge on any atom is -0.348 e. The Bertz CT molecular complexity index is 371. The van der Waals surface area contributed by atoms with Crippen molar-refractivity contribution >= 4 is 0 Å². The van der Waals surface area contributed by atoms with Gasteiger partial charge in [-0.3, -0.25) is 4.90 Å². The van der Waals surface area contributed by atoms with Crippen LogP contribution in [-0.4, -0.2) is 41.0 Å². The van der Waals surface area contributed by atoms with E-state index in [0.717, 1.165) is 18.4 Å². The summed E-state index contributed by atoms with van der Waals surface area (Å²) in [6, 6.07) is 0.741. The molecule has 1 aromatic heterocycles. The average Bonchev–Trinajstić information content (AvgIpc) is 2.93. The maximum Gasteiger partial charge on any atom is 0.120 e. The largest absolute Gasteiger partial charge is 0.348 e. The van der Waals surface area contributed by atoms with Crippen molar-refractivity contribution in [1.29, 1.82) is 0 Å². The van der Waals surface area contributed by atoms with Crippen LogP contribution >= 0.6 is 0 Å². The summed E-state index contributed by atoms with van der Waals surface area (Å²) in [5.41, 5.74) is 0.674. The number of rotatable bonds is 3. The molecule has 0 unspecified atom stereocenters. The quantitative estimate of drug-likeness (QED) is 0.877. The van der Waals surface area contributed by atoms with Gasteiger partial charge >= 0.3 is 0 Å². The number of hydrogen-bond acceptors (Lipinski definition) is 3. The Balaban J connectivity index is 1.51. The van der Waals surface area contributed by atoms with E-state index in [-0.39, 0.29) is 0 Å². The van der Waals surface area contributed by atoms with Gasteiger partial charge in [-0.25, -0.2) is 4.98 Å². The molecule has 0 aromatic carbocycles. The lowest BCUT2D eigenvalue weighted by molar-refractivity contribution is 0.0730. The number of aromatic amines is 1. The van der Waals surface area contributed by atoms with E-state index >= 15 is 0 Å². The fourth-order valence-electron chi connectivity index (χ4n) is 3.86. The molecule has 106 valence electrons. The number of hydrogen-bond donors (Lipinski definition) is 2. The predicted molar refractivity (Wildman–Crippen MR) is 76.8 cm³/mol. The highest BCUT2D eigenvalue weighted by atomic mass is 15.2. The molecule has 4 heteroatoms. The first-order chi connectivity index (χ1) is 9.27. The first-order valence-electron chi connectivity index (χ1n) is 7.67. The summed E-state index contributed by atoms with van der Waals surface area (Å²) in [5.74, 6) is 1.09. The van der Waals surface area contributed by atoms with Crippen molar-refractivity contribution in [3.63, 3.8) is 0 Å². The van der Waals surface area contributed by atoms with Crippen LogP contribution in [0.15, 0.2) is 12.4 Å². The second-order valence-electron chi connectivity index (χ2n) is 6.43. The minimum absolute atomic E-state index is 0.674. The molecule has 3 rings (SSSR count). The Morgan fingerprint density at radius 1 is 1.26 bits per heavy atom. The van der Waals surface area contributed by atoms with Gasteiger partial charge in [0.1, 0.15) is 5.82 Å². The molecule has 0 atom stereocenters. The van der Waals surface area contributed by atoms with E-state index in [2.05, 4.69) is 27.2 Å². The topological polar surface area (TPSA) is 44.0 Å². The first kappa shape index (κ1) is 13.1. The molecule has 2 aliphatic rings. The van der Waals surface area contributed by atoms with Gasteiger partial charge in [-0.1, -0.05) is 0 Å². The third kappa shape index (κ3) is 3.00. The van der Waals surface area contributed by atoms with E-state index in [9.17, 15) is 0 Å². The lowest BCUT2D eigenvalue weighted by atomic mass is 9.67. The molecular weight excluding hydrogens is 236 g/mol. The molecule has 0 amide bonds. The Hall–Kier alpha value is -0.870. The lowest BCUT2D eigenvalue weighted by Gasteiger charge is -2.45. The van der Waals surface area contributed by atoms with Gasteiger partial charge in [-0.05, 0) is 64.1 Å². The maximum absolute atomic E-state index is 4.33. The van der Waals surface area contributed by atoms with Crippen LogP contribution in [0.3, 0.4) is 0 Å². The van der Waals surface area contributed by atoms with Crippen molar-refractivity contribution in [3.05, 3.63) is 18.2 Å². The van der Waals surface area contributed by atoms with Crippen molar-refractivity contribution in [2.75, 3.05) is 20.1 Å². The Labute approximate surface area is 116 Å². The van der Waals surface area contributed by atoms with Crippen LogP contribution < -0.4 is 5.32 Å². The summed E-state index contributed by atoms with van der Waals surface area (Å²) < 4.78 is 0. The third-order valence-corrected chi connectivity index (χ3v) is 5.26. The first-order valence-corrected chi connectivity index (χ1v) is 7.67. The smallest absolute Gasteiger partial charge is 0.120 e. The van der Waals surface area contributed by atoms with Gasteiger partial charge in [0, 0.05) is 18.4 Å². The van der Waals surface area contributed by atoms with Gasteiger partial charge < -0.3 is 10.3 Å². The van der Waals surface area contributed by atoms with Gasteiger partial charge in [0.15, 0.2) is 0 Å². The number of nitrogens with zero attached hydrogens (tertiary/aromatic N) is 2. The summed E-state index contributed by atoms with van der Waals surface area (Å²) in [7, 11) is 2.24. The predicted octanol–water partition coefficient (Wildman–Crippen LogP) is 2.15. The highest BCUT2D eigenvalue weighted by molar-refractivity contribution is 4.93. The number of H-pyrrole nitrogens is 1. The SMILES string of the molecule is CN(Cc1ncc[nH]1)C1CCC2(CCNCC2)CC1. The van der Waals surface area contributed by atoms with Crippen LogP contribution in [0.5, 0.6) is 0 Å². The van der Waals surface area contributed by atoms with Crippen molar-refractivity contribution in [3.8, 4) is 0 Å². The van der Waals surface area contributed by atoms with Gasteiger partial charge in [-0.2, -0.15) is 0 Å². The van der Waals surface area contributed by atoms with Crippen LogP contribution in [-0.2, 0) is 6.54 Å². The van der Waals surface area contributed by atoms with E-state index in [4.69, 9.17) is 0 Å². The molecule has 0 radical (unpaired) electrons. The highest BCUT2D eigenvalue weighted by Gasteiger charge is 2.37. The third-order valence-electron chi connectivity index (χ3n) is 5.26. The Morgan fingerprint density at radius 3 is 2.63 bits per heavy atom. The molecule has 2 N–H and O–H groups in total. The number of piperidine rings is 1. The Kier molecular flexibility index (Phi) is 3.89. The summed E-state index contributed by atoms with van der Waals surface area (Å²) in [6.07, 6.45) is 12.1. The monoisotopic (exact) mass is 262 g/mol. The zero-order valence-corrected chi connectivity index (χ0v) is 12.0. The van der Waals surface area contributed by atoms with E-state index in [0.29, 0.717) is 5.41 Å². The standard InChI is InChI=1S/C15H26N4/c1-19(12-14-17-10-11-18-14)13-2-4-15(5-3-13)6-8-16-9-7-15/h10-11,13,16H,2-9,12H2,1H3,(H,17,18). The molecule has 1 saturated carbocycles. The molecule has 4 nitrogen and oxygen atoms in total. The van der Waals surface area contributed by atoms with Crippen LogP contribution in [0.4, 0.5) is 0 Å². The molecule has 2 heterocycles. The number of imidazole rings is 1. The van der Waals surface area contributed by atoms with E-state index in [1.54, 1.807) is 0 Å². The summed E-state index contributed by atoms with van der Waals surface area (Å²) >= 11 is 0. The van der Waals surface area contributed by atoms with Gasteiger partial charge in [0.25, 0.3) is 0 Å². The fourth-order valence-corrected chi connectivity index (χ4v) is 3.86. The van der Waals surface area contributed by atoms with Crippen LogP contribution in [0, 0.1) is 5.41 Å². The van der Waals surface area contributed by atoms with Crippen molar-refractivity contribution < 1.29 is 0 Å². The number of aromatic nitrogens is 2. The van der Waals surface area contributed by atoms with Gasteiger partial charge in [-0.15, -0.1) is 0 Å². The molecule has 2 fully saturated rings. The van der Waals surface area contributed by atoms with Crippen LogP contribution in [0.2, 0.25) is 0 Å². The molecule has 19 heavy (non-hydrogen) atoms. The molecule has 1 saturated heterocycles. The normalized spacial score (nSPS) is 24.1. The molecule has 0 bridgehead atoms. The second kappa shape index (κ2) is 5.63. The average molecular weight is 262 g/mol. The van der Waals surface area contributed by atoms with E-state index in [1.807, 2.05) is 12.4 Å².